The van der Waals surface area contributed by atoms with Crippen molar-refractivity contribution in [2.24, 2.45) is 0 Å². The Morgan fingerprint density at radius 2 is 1.93 bits per heavy atom. The first-order valence-electron chi connectivity index (χ1n) is 9.71. The van der Waals surface area contributed by atoms with Crippen molar-refractivity contribution in [2.45, 2.75) is 25.8 Å². The number of rotatable bonds is 6. The monoisotopic (exact) mass is 466 g/mol. The summed E-state index contributed by atoms with van der Waals surface area (Å²) in [5, 5.41) is 3.12. The van der Waals surface area contributed by atoms with Crippen LogP contribution < -0.4 is 5.32 Å². The average Bonchev–Trinajstić information content (AvgIpc) is 3.19. The third-order valence-corrected chi connectivity index (χ3v) is 5.42. The molecule has 4 aromatic rings. The highest BCUT2D eigenvalue weighted by molar-refractivity contribution is 9.10. The number of pyridine rings is 2. The molecule has 152 valence electrons. The van der Waals surface area contributed by atoms with Crippen LogP contribution in [-0.2, 0) is 0 Å². The zero-order chi connectivity index (χ0) is 21.1. The lowest BCUT2D eigenvalue weighted by Crippen LogP contribution is -2.29. The van der Waals surface area contributed by atoms with Crippen LogP contribution in [0.3, 0.4) is 0 Å². The standard InChI is InChI=1S/C23H20BrFN4O/c1-2-4-19(16-8-11-21(24)26-13-16)28-23(30)18-5-3-12-29-20(14-27-22(18)29)15-6-9-17(25)10-7-15/h3,5-14,19H,2,4H2,1H3,(H,28,30). The number of amides is 1. The molecule has 7 heteroatoms. The third-order valence-electron chi connectivity index (χ3n) is 4.96. The van der Waals surface area contributed by atoms with Gasteiger partial charge in [-0.15, -0.1) is 0 Å². The normalized spacial score (nSPS) is 12.1. The van der Waals surface area contributed by atoms with Gasteiger partial charge >= 0.3 is 0 Å². The van der Waals surface area contributed by atoms with Crippen LogP contribution in [0.1, 0.15) is 41.7 Å². The first-order valence-corrected chi connectivity index (χ1v) is 10.5. The van der Waals surface area contributed by atoms with Crippen molar-refractivity contribution in [1.29, 1.82) is 0 Å². The van der Waals surface area contributed by atoms with E-state index in [0.717, 1.165) is 34.3 Å². The maximum Gasteiger partial charge on any atom is 0.255 e. The minimum atomic E-state index is -0.294. The Morgan fingerprint density at radius 1 is 1.13 bits per heavy atom. The van der Waals surface area contributed by atoms with E-state index in [1.54, 1.807) is 30.6 Å². The van der Waals surface area contributed by atoms with Crippen molar-refractivity contribution < 1.29 is 9.18 Å². The summed E-state index contributed by atoms with van der Waals surface area (Å²) < 4.78 is 15.9. The molecule has 1 unspecified atom stereocenters. The number of carbonyl (C=O) groups is 1. The summed E-state index contributed by atoms with van der Waals surface area (Å²) in [5.41, 5.74) is 3.61. The Kier molecular flexibility index (Phi) is 5.90. The van der Waals surface area contributed by atoms with Gasteiger partial charge < -0.3 is 5.32 Å². The molecule has 3 aromatic heterocycles. The number of nitrogens with one attached hydrogen (secondary N) is 1. The van der Waals surface area contributed by atoms with Crippen molar-refractivity contribution in [2.75, 3.05) is 0 Å². The van der Waals surface area contributed by atoms with E-state index in [4.69, 9.17) is 0 Å². The number of hydrogen-bond acceptors (Lipinski definition) is 3. The number of nitrogens with zero attached hydrogens (tertiary/aromatic N) is 3. The van der Waals surface area contributed by atoms with E-state index in [0.29, 0.717) is 11.2 Å². The van der Waals surface area contributed by atoms with Gasteiger partial charge in [0.2, 0.25) is 0 Å². The summed E-state index contributed by atoms with van der Waals surface area (Å²) >= 11 is 3.34. The highest BCUT2D eigenvalue weighted by atomic mass is 79.9. The molecule has 0 aliphatic heterocycles. The first-order chi connectivity index (χ1) is 14.6. The second kappa shape index (κ2) is 8.75. The highest BCUT2D eigenvalue weighted by Crippen LogP contribution is 2.24. The van der Waals surface area contributed by atoms with Crippen molar-refractivity contribution in [1.82, 2.24) is 19.7 Å². The molecule has 1 amide bonds. The van der Waals surface area contributed by atoms with Crippen LogP contribution in [0.2, 0.25) is 0 Å². The van der Waals surface area contributed by atoms with E-state index >= 15 is 0 Å². The Balaban J connectivity index is 1.66. The van der Waals surface area contributed by atoms with E-state index in [-0.39, 0.29) is 17.8 Å². The molecule has 0 aliphatic rings. The molecule has 30 heavy (non-hydrogen) atoms. The quantitative estimate of drug-likeness (QED) is 0.378. The smallest absolute Gasteiger partial charge is 0.255 e. The van der Waals surface area contributed by atoms with Gasteiger partial charge in [0.05, 0.1) is 23.5 Å². The minimum Gasteiger partial charge on any atom is -0.345 e. The Labute approximate surface area is 182 Å². The lowest BCUT2D eigenvalue weighted by molar-refractivity contribution is 0.0935. The van der Waals surface area contributed by atoms with Crippen molar-refractivity contribution in [3.63, 3.8) is 0 Å². The van der Waals surface area contributed by atoms with E-state index < -0.39 is 0 Å². The van der Waals surface area contributed by atoms with E-state index in [1.165, 1.54) is 12.1 Å². The van der Waals surface area contributed by atoms with Crippen molar-refractivity contribution in [3.05, 3.63) is 88.7 Å². The van der Waals surface area contributed by atoms with Gasteiger partial charge in [0.25, 0.3) is 5.91 Å². The van der Waals surface area contributed by atoms with Gasteiger partial charge in [-0.2, -0.15) is 0 Å². The molecule has 5 nitrogen and oxygen atoms in total. The van der Waals surface area contributed by atoms with Gasteiger partial charge in [0, 0.05) is 18.0 Å². The highest BCUT2D eigenvalue weighted by Gasteiger charge is 2.19. The predicted octanol–water partition coefficient (Wildman–Crippen LogP) is 5.57. The number of aromatic nitrogens is 3. The largest absolute Gasteiger partial charge is 0.345 e. The summed E-state index contributed by atoms with van der Waals surface area (Å²) in [6, 6.07) is 13.5. The second-order valence-corrected chi connectivity index (χ2v) is 7.81. The molecule has 0 aliphatic carbocycles. The topological polar surface area (TPSA) is 59.3 Å². The summed E-state index contributed by atoms with van der Waals surface area (Å²) in [5.74, 6) is -0.491. The van der Waals surface area contributed by atoms with E-state index in [2.05, 4.69) is 38.1 Å². The molecule has 0 saturated carbocycles. The summed E-state index contributed by atoms with van der Waals surface area (Å²) in [4.78, 5) is 21.9. The number of hydrogen-bond donors (Lipinski definition) is 1. The molecule has 1 N–H and O–H groups in total. The fourth-order valence-electron chi connectivity index (χ4n) is 3.46. The van der Waals surface area contributed by atoms with Gasteiger partial charge in [-0.05, 0) is 70.4 Å². The van der Waals surface area contributed by atoms with Crippen LogP contribution in [0, 0.1) is 5.82 Å². The van der Waals surface area contributed by atoms with Crippen LogP contribution in [0.4, 0.5) is 4.39 Å². The molecule has 0 radical (unpaired) electrons. The van der Waals surface area contributed by atoms with Gasteiger partial charge in [-0.1, -0.05) is 19.4 Å². The Hall–Kier alpha value is -3.06. The maximum absolute atomic E-state index is 13.3. The minimum absolute atomic E-state index is 0.144. The summed E-state index contributed by atoms with van der Waals surface area (Å²) in [7, 11) is 0. The zero-order valence-corrected chi connectivity index (χ0v) is 17.9. The van der Waals surface area contributed by atoms with Crippen LogP contribution in [0.5, 0.6) is 0 Å². The maximum atomic E-state index is 13.3. The number of halogens is 2. The van der Waals surface area contributed by atoms with Gasteiger partial charge in [0.15, 0.2) is 0 Å². The van der Waals surface area contributed by atoms with E-state index in [9.17, 15) is 9.18 Å². The van der Waals surface area contributed by atoms with Gasteiger partial charge in [-0.3, -0.25) is 9.20 Å². The van der Waals surface area contributed by atoms with Crippen LogP contribution in [0.15, 0.2) is 71.7 Å². The predicted molar refractivity (Wildman–Crippen MR) is 118 cm³/mol. The van der Waals surface area contributed by atoms with Crippen LogP contribution in [-0.4, -0.2) is 20.3 Å². The third kappa shape index (κ3) is 4.11. The lowest BCUT2D eigenvalue weighted by atomic mass is 10.0. The molecule has 0 saturated heterocycles. The second-order valence-electron chi connectivity index (χ2n) is 6.99. The number of fused-ring (bicyclic) bond motifs is 1. The summed E-state index contributed by atoms with van der Waals surface area (Å²) in [6.45, 7) is 2.08. The number of benzene rings is 1. The molecule has 0 spiro atoms. The molecule has 0 fully saturated rings. The molecule has 1 atom stereocenters. The molecular formula is C23H20BrFN4O. The van der Waals surface area contributed by atoms with E-state index in [1.807, 2.05) is 28.8 Å². The molecule has 3 heterocycles. The fourth-order valence-corrected chi connectivity index (χ4v) is 3.70. The Morgan fingerprint density at radius 3 is 2.63 bits per heavy atom. The van der Waals surface area contributed by atoms with Gasteiger partial charge in [0.1, 0.15) is 16.1 Å². The van der Waals surface area contributed by atoms with Crippen molar-refractivity contribution >= 4 is 27.5 Å². The molecular weight excluding hydrogens is 447 g/mol. The number of carbonyl (C=O) groups excluding carboxylic acids is 1. The summed E-state index contributed by atoms with van der Waals surface area (Å²) in [6.07, 6.45) is 7.03. The van der Waals surface area contributed by atoms with Gasteiger partial charge in [-0.25, -0.2) is 14.4 Å². The molecule has 4 rings (SSSR count). The SMILES string of the molecule is CCCC(NC(=O)c1cccn2c(-c3ccc(F)cc3)cnc12)c1ccc(Br)nc1. The number of imidazole rings is 1. The average molecular weight is 467 g/mol. The van der Waals surface area contributed by atoms with Crippen LogP contribution in [0.25, 0.3) is 16.9 Å². The first kappa shape index (κ1) is 20.2. The Bertz CT molecular complexity index is 1170. The van der Waals surface area contributed by atoms with Crippen LogP contribution >= 0.6 is 15.9 Å². The van der Waals surface area contributed by atoms with Crippen molar-refractivity contribution in [3.8, 4) is 11.3 Å². The molecule has 0 bridgehead atoms. The molecule has 1 aromatic carbocycles. The lowest BCUT2D eigenvalue weighted by Gasteiger charge is -2.18. The fraction of sp³-hybridized carbons (Fsp3) is 0.174. The zero-order valence-electron chi connectivity index (χ0n) is 16.3.